The zero-order chi connectivity index (χ0) is 15.8. The van der Waals surface area contributed by atoms with E-state index in [0.29, 0.717) is 5.92 Å². The second-order valence-electron chi connectivity index (χ2n) is 7.36. The molecule has 4 rings (SSSR count). The van der Waals surface area contributed by atoms with E-state index in [-0.39, 0.29) is 0 Å². The standard InChI is InChI=1S/C19H26N4/c1-14-3-4-17(20-12-14)16-7-10-23-13-18(21-19(23)11-16)15-5-8-22(2)9-6-15/h7,10-11,13-15H,3-6,8-9,12H2,1-2H3/t14-/m0/s1. The molecule has 0 aromatic carbocycles. The molecule has 1 saturated heterocycles. The number of likely N-dealkylation sites (tertiary alicyclic amines) is 1. The van der Waals surface area contributed by atoms with Gasteiger partial charge < -0.3 is 9.30 Å². The molecule has 2 aliphatic heterocycles. The zero-order valence-electron chi connectivity index (χ0n) is 14.2. The molecule has 0 unspecified atom stereocenters. The predicted octanol–water partition coefficient (Wildman–Crippen LogP) is 3.36. The van der Waals surface area contributed by atoms with Crippen LogP contribution in [-0.2, 0) is 0 Å². The van der Waals surface area contributed by atoms with Gasteiger partial charge in [0.1, 0.15) is 5.65 Å². The highest BCUT2D eigenvalue weighted by Gasteiger charge is 2.21. The molecule has 122 valence electrons. The fourth-order valence-corrected chi connectivity index (χ4v) is 3.74. The highest BCUT2D eigenvalue weighted by atomic mass is 15.1. The first kappa shape index (κ1) is 14.9. The second-order valence-corrected chi connectivity index (χ2v) is 7.36. The van der Waals surface area contributed by atoms with Crippen LogP contribution in [0.5, 0.6) is 0 Å². The minimum absolute atomic E-state index is 0.613. The monoisotopic (exact) mass is 310 g/mol. The van der Waals surface area contributed by atoms with Gasteiger partial charge >= 0.3 is 0 Å². The van der Waals surface area contributed by atoms with Crippen molar-refractivity contribution in [1.29, 1.82) is 0 Å². The summed E-state index contributed by atoms with van der Waals surface area (Å²) in [5.74, 6) is 1.34. The predicted molar refractivity (Wildman–Crippen MR) is 94.5 cm³/mol. The summed E-state index contributed by atoms with van der Waals surface area (Å²) >= 11 is 0. The first-order chi connectivity index (χ1) is 11.2. The van der Waals surface area contributed by atoms with Gasteiger partial charge in [-0.1, -0.05) is 6.92 Å². The highest BCUT2D eigenvalue weighted by Crippen LogP contribution is 2.27. The van der Waals surface area contributed by atoms with E-state index in [4.69, 9.17) is 9.98 Å². The van der Waals surface area contributed by atoms with E-state index in [9.17, 15) is 0 Å². The van der Waals surface area contributed by atoms with Gasteiger partial charge in [0.25, 0.3) is 0 Å². The fraction of sp³-hybridized carbons (Fsp3) is 0.579. The van der Waals surface area contributed by atoms with E-state index in [1.54, 1.807) is 0 Å². The number of hydrogen-bond acceptors (Lipinski definition) is 3. The third kappa shape index (κ3) is 3.05. The number of hydrogen-bond donors (Lipinski definition) is 0. The minimum Gasteiger partial charge on any atom is -0.307 e. The molecule has 4 heterocycles. The first-order valence-electron chi connectivity index (χ1n) is 8.90. The Bertz CT molecular complexity index is 722. The topological polar surface area (TPSA) is 32.9 Å². The van der Waals surface area contributed by atoms with Gasteiger partial charge in [0.05, 0.1) is 5.69 Å². The largest absolute Gasteiger partial charge is 0.307 e. The van der Waals surface area contributed by atoms with Crippen molar-refractivity contribution in [3.8, 4) is 0 Å². The van der Waals surface area contributed by atoms with Crippen LogP contribution in [0.4, 0.5) is 0 Å². The third-order valence-corrected chi connectivity index (χ3v) is 5.42. The lowest BCUT2D eigenvalue weighted by Crippen LogP contribution is -2.29. The van der Waals surface area contributed by atoms with Crippen molar-refractivity contribution in [3.05, 3.63) is 35.8 Å². The lowest BCUT2D eigenvalue weighted by Gasteiger charge is -2.27. The van der Waals surface area contributed by atoms with E-state index in [0.717, 1.165) is 24.5 Å². The second kappa shape index (κ2) is 6.08. The summed E-state index contributed by atoms with van der Waals surface area (Å²) in [4.78, 5) is 12.1. The Labute approximate surface area is 138 Å². The van der Waals surface area contributed by atoms with Crippen LogP contribution < -0.4 is 0 Å². The van der Waals surface area contributed by atoms with Gasteiger partial charge in [0.2, 0.25) is 0 Å². The molecule has 1 atom stereocenters. The Morgan fingerprint density at radius 3 is 2.74 bits per heavy atom. The van der Waals surface area contributed by atoms with E-state index in [1.165, 1.54) is 49.3 Å². The average molecular weight is 310 g/mol. The van der Waals surface area contributed by atoms with Gasteiger partial charge in [0, 0.05) is 36.1 Å². The van der Waals surface area contributed by atoms with Gasteiger partial charge in [-0.25, -0.2) is 4.98 Å². The summed E-state index contributed by atoms with van der Waals surface area (Å²) in [5.41, 5.74) is 4.84. The number of nitrogens with zero attached hydrogens (tertiary/aromatic N) is 4. The van der Waals surface area contributed by atoms with E-state index < -0.39 is 0 Å². The Morgan fingerprint density at radius 2 is 2.00 bits per heavy atom. The molecule has 23 heavy (non-hydrogen) atoms. The van der Waals surface area contributed by atoms with Crippen LogP contribution in [0.15, 0.2) is 29.5 Å². The van der Waals surface area contributed by atoms with Crippen molar-refractivity contribution in [1.82, 2.24) is 14.3 Å². The molecule has 0 bridgehead atoms. The molecule has 0 aliphatic carbocycles. The smallest absolute Gasteiger partial charge is 0.137 e. The van der Waals surface area contributed by atoms with Crippen molar-refractivity contribution in [2.75, 3.05) is 26.7 Å². The fourth-order valence-electron chi connectivity index (χ4n) is 3.74. The third-order valence-electron chi connectivity index (χ3n) is 5.42. The summed E-state index contributed by atoms with van der Waals surface area (Å²) in [5, 5.41) is 0. The number of imidazole rings is 1. The lowest BCUT2D eigenvalue weighted by atomic mass is 9.94. The maximum absolute atomic E-state index is 4.92. The van der Waals surface area contributed by atoms with Crippen LogP contribution in [0.25, 0.3) is 5.65 Å². The SMILES string of the molecule is C[C@H]1CCC(c2ccn3cc(C4CCN(C)CC4)nc3c2)=NC1. The first-order valence-corrected chi connectivity index (χ1v) is 8.90. The Kier molecular flexibility index (Phi) is 3.93. The van der Waals surface area contributed by atoms with Gasteiger partial charge in [-0.3, -0.25) is 4.99 Å². The lowest BCUT2D eigenvalue weighted by molar-refractivity contribution is 0.253. The molecular weight excluding hydrogens is 284 g/mol. The molecule has 2 aromatic rings. The quantitative estimate of drug-likeness (QED) is 0.852. The number of pyridine rings is 1. The highest BCUT2D eigenvalue weighted by molar-refractivity contribution is 6.01. The van der Waals surface area contributed by atoms with E-state index >= 15 is 0 Å². The van der Waals surface area contributed by atoms with Crippen LogP contribution >= 0.6 is 0 Å². The number of aromatic nitrogens is 2. The van der Waals surface area contributed by atoms with Crippen molar-refractivity contribution in [3.63, 3.8) is 0 Å². The van der Waals surface area contributed by atoms with Crippen LogP contribution in [0.1, 0.15) is 49.8 Å². The van der Waals surface area contributed by atoms with Crippen LogP contribution in [0.2, 0.25) is 0 Å². The van der Waals surface area contributed by atoms with Crippen molar-refractivity contribution in [2.24, 2.45) is 10.9 Å². The van der Waals surface area contributed by atoms with Crippen LogP contribution in [0, 0.1) is 5.92 Å². The molecule has 0 N–H and O–H groups in total. The number of fused-ring (bicyclic) bond motifs is 1. The molecule has 0 amide bonds. The molecule has 0 radical (unpaired) electrons. The Hall–Kier alpha value is -1.68. The molecule has 4 heteroatoms. The number of aliphatic imine (C=N–C) groups is 1. The number of rotatable bonds is 2. The van der Waals surface area contributed by atoms with Crippen molar-refractivity contribution < 1.29 is 0 Å². The molecule has 4 nitrogen and oxygen atoms in total. The summed E-state index contributed by atoms with van der Waals surface area (Å²) in [6, 6.07) is 4.41. The summed E-state index contributed by atoms with van der Waals surface area (Å²) in [6.07, 6.45) is 9.16. The minimum atomic E-state index is 0.613. The molecular formula is C19H26N4. The average Bonchev–Trinajstić information content (AvgIpc) is 2.99. The summed E-state index contributed by atoms with van der Waals surface area (Å²) in [6.45, 7) is 5.61. The van der Waals surface area contributed by atoms with Crippen molar-refractivity contribution >= 4 is 11.4 Å². The number of piperidine rings is 1. The van der Waals surface area contributed by atoms with Gasteiger partial charge in [-0.2, -0.15) is 0 Å². The van der Waals surface area contributed by atoms with Crippen molar-refractivity contribution in [2.45, 2.75) is 38.5 Å². The maximum atomic E-state index is 4.92. The Morgan fingerprint density at radius 1 is 1.17 bits per heavy atom. The van der Waals surface area contributed by atoms with Crippen LogP contribution in [-0.4, -0.2) is 46.7 Å². The van der Waals surface area contributed by atoms with E-state index in [2.05, 4.69) is 47.8 Å². The molecule has 0 spiro atoms. The zero-order valence-corrected chi connectivity index (χ0v) is 14.2. The van der Waals surface area contributed by atoms with E-state index in [1.807, 2.05) is 0 Å². The Balaban J connectivity index is 1.60. The van der Waals surface area contributed by atoms with Crippen LogP contribution in [0.3, 0.4) is 0 Å². The maximum Gasteiger partial charge on any atom is 0.137 e. The summed E-state index contributed by atoms with van der Waals surface area (Å²) in [7, 11) is 2.21. The van der Waals surface area contributed by atoms with Gasteiger partial charge in [-0.15, -0.1) is 0 Å². The molecule has 0 saturated carbocycles. The molecule has 1 fully saturated rings. The van der Waals surface area contributed by atoms with Gasteiger partial charge in [-0.05, 0) is 63.9 Å². The molecule has 2 aromatic heterocycles. The van der Waals surface area contributed by atoms with Gasteiger partial charge in [0.15, 0.2) is 0 Å². The summed E-state index contributed by atoms with van der Waals surface area (Å²) < 4.78 is 2.17. The molecule has 2 aliphatic rings. The normalized spacial score (nSPS) is 24.1.